The van der Waals surface area contributed by atoms with Crippen molar-refractivity contribution in [3.05, 3.63) is 30.1 Å². The molecule has 80 valence electrons. The van der Waals surface area contributed by atoms with E-state index in [1.165, 1.54) is 0 Å². The van der Waals surface area contributed by atoms with Gasteiger partial charge in [-0.15, -0.1) is 0 Å². The number of hydrogen-bond donors (Lipinski definition) is 2. The summed E-state index contributed by atoms with van der Waals surface area (Å²) in [7, 11) is 0. The van der Waals surface area contributed by atoms with Gasteiger partial charge in [-0.2, -0.15) is 5.10 Å². The van der Waals surface area contributed by atoms with Crippen LogP contribution in [0.4, 0.5) is 5.82 Å². The van der Waals surface area contributed by atoms with Gasteiger partial charge in [-0.3, -0.25) is 4.68 Å². The Hall–Kier alpha value is -1.82. The standard InChI is InChI=1S/C9H12N4O2/c1-6(14)9-11-4-7(15-9)5-13-3-2-8(10)12-13/h2-4,6,14H,5H2,1H3,(H2,10,12). The Labute approximate surface area is 86.3 Å². The molecule has 3 N–H and O–H groups in total. The summed E-state index contributed by atoms with van der Waals surface area (Å²) < 4.78 is 6.94. The maximum absolute atomic E-state index is 9.21. The van der Waals surface area contributed by atoms with E-state index in [2.05, 4.69) is 10.1 Å². The predicted octanol–water partition coefficient (Wildman–Crippen LogP) is 0.555. The summed E-state index contributed by atoms with van der Waals surface area (Å²) in [6.45, 7) is 2.05. The molecule has 6 heteroatoms. The molecule has 2 aromatic rings. The first-order valence-corrected chi connectivity index (χ1v) is 4.57. The lowest BCUT2D eigenvalue weighted by atomic mass is 10.4. The average molecular weight is 208 g/mol. The second-order valence-electron chi connectivity index (χ2n) is 3.28. The van der Waals surface area contributed by atoms with Crippen molar-refractivity contribution >= 4 is 5.82 Å². The highest BCUT2D eigenvalue weighted by Crippen LogP contribution is 2.12. The van der Waals surface area contributed by atoms with E-state index in [0.717, 1.165) is 0 Å². The molecule has 0 fully saturated rings. The van der Waals surface area contributed by atoms with Crippen molar-refractivity contribution in [1.82, 2.24) is 14.8 Å². The van der Waals surface area contributed by atoms with Crippen molar-refractivity contribution in [3.63, 3.8) is 0 Å². The number of aromatic nitrogens is 3. The molecule has 0 saturated heterocycles. The van der Waals surface area contributed by atoms with Crippen LogP contribution >= 0.6 is 0 Å². The number of anilines is 1. The molecule has 0 saturated carbocycles. The molecule has 0 spiro atoms. The lowest BCUT2D eigenvalue weighted by Gasteiger charge is -1.97. The van der Waals surface area contributed by atoms with E-state index in [9.17, 15) is 5.11 Å². The summed E-state index contributed by atoms with van der Waals surface area (Å²) in [5.41, 5.74) is 5.47. The Bertz CT molecular complexity index is 446. The lowest BCUT2D eigenvalue weighted by molar-refractivity contribution is 0.160. The highest BCUT2D eigenvalue weighted by atomic mass is 16.4. The van der Waals surface area contributed by atoms with Crippen LogP contribution in [0.15, 0.2) is 22.9 Å². The van der Waals surface area contributed by atoms with E-state index in [0.29, 0.717) is 24.0 Å². The number of oxazole rings is 1. The largest absolute Gasteiger partial charge is 0.441 e. The number of aliphatic hydroxyl groups excluding tert-OH is 1. The van der Waals surface area contributed by atoms with E-state index >= 15 is 0 Å². The van der Waals surface area contributed by atoms with Gasteiger partial charge in [0.1, 0.15) is 24.2 Å². The molecule has 15 heavy (non-hydrogen) atoms. The zero-order valence-electron chi connectivity index (χ0n) is 8.29. The van der Waals surface area contributed by atoms with Crippen molar-refractivity contribution in [2.75, 3.05) is 5.73 Å². The van der Waals surface area contributed by atoms with Crippen LogP contribution in [-0.2, 0) is 6.54 Å². The van der Waals surface area contributed by atoms with Crippen molar-refractivity contribution in [1.29, 1.82) is 0 Å². The summed E-state index contributed by atoms with van der Waals surface area (Å²) in [5, 5.41) is 13.2. The Morgan fingerprint density at radius 3 is 3.00 bits per heavy atom. The highest BCUT2D eigenvalue weighted by Gasteiger charge is 2.09. The van der Waals surface area contributed by atoms with Gasteiger partial charge >= 0.3 is 0 Å². The third-order valence-corrected chi connectivity index (χ3v) is 1.91. The number of nitrogens with zero attached hydrogens (tertiary/aromatic N) is 3. The smallest absolute Gasteiger partial charge is 0.223 e. The molecule has 0 aromatic carbocycles. The number of aliphatic hydroxyl groups is 1. The first kappa shape index (κ1) is 9.72. The summed E-state index contributed by atoms with van der Waals surface area (Å²) in [6.07, 6.45) is 2.63. The zero-order chi connectivity index (χ0) is 10.8. The molecule has 0 bridgehead atoms. The first-order valence-electron chi connectivity index (χ1n) is 4.57. The van der Waals surface area contributed by atoms with Crippen LogP contribution in [-0.4, -0.2) is 19.9 Å². The summed E-state index contributed by atoms with van der Waals surface area (Å²) in [5.74, 6) is 1.41. The van der Waals surface area contributed by atoms with Crippen LogP contribution in [0.3, 0.4) is 0 Å². The molecule has 1 atom stereocenters. The molecule has 2 aromatic heterocycles. The average Bonchev–Trinajstić information content (AvgIpc) is 2.76. The van der Waals surface area contributed by atoms with Gasteiger partial charge in [-0.05, 0) is 13.0 Å². The number of nitrogen functional groups attached to an aromatic ring is 1. The molecular weight excluding hydrogens is 196 g/mol. The summed E-state index contributed by atoms with van der Waals surface area (Å²) in [6, 6.07) is 1.70. The minimum Gasteiger partial charge on any atom is -0.441 e. The summed E-state index contributed by atoms with van der Waals surface area (Å²) >= 11 is 0. The van der Waals surface area contributed by atoms with E-state index < -0.39 is 6.10 Å². The molecule has 2 rings (SSSR count). The predicted molar refractivity (Wildman–Crippen MR) is 52.9 cm³/mol. The van der Waals surface area contributed by atoms with Crippen LogP contribution in [0.1, 0.15) is 24.7 Å². The minimum atomic E-state index is -0.693. The highest BCUT2D eigenvalue weighted by molar-refractivity contribution is 5.23. The molecule has 0 aliphatic carbocycles. The van der Waals surface area contributed by atoms with Gasteiger partial charge < -0.3 is 15.3 Å². The van der Waals surface area contributed by atoms with Crippen LogP contribution in [0, 0.1) is 0 Å². The Kier molecular flexibility index (Phi) is 2.42. The van der Waals surface area contributed by atoms with Gasteiger partial charge in [0.2, 0.25) is 5.89 Å². The molecule has 1 unspecified atom stereocenters. The SMILES string of the molecule is CC(O)c1ncc(Cn2ccc(N)n2)o1. The zero-order valence-corrected chi connectivity index (χ0v) is 8.29. The topological polar surface area (TPSA) is 90.1 Å². The van der Waals surface area contributed by atoms with Crippen molar-refractivity contribution in [3.8, 4) is 0 Å². The van der Waals surface area contributed by atoms with Crippen LogP contribution in [0.2, 0.25) is 0 Å². The van der Waals surface area contributed by atoms with Gasteiger partial charge in [0.25, 0.3) is 0 Å². The van der Waals surface area contributed by atoms with Gasteiger partial charge in [0.15, 0.2) is 0 Å². The van der Waals surface area contributed by atoms with Gasteiger partial charge in [-0.25, -0.2) is 4.98 Å². The lowest BCUT2D eigenvalue weighted by Crippen LogP contribution is -2.00. The maximum Gasteiger partial charge on any atom is 0.223 e. The number of nitrogens with two attached hydrogens (primary N) is 1. The molecule has 0 aliphatic heterocycles. The van der Waals surface area contributed by atoms with E-state index in [1.807, 2.05) is 0 Å². The van der Waals surface area contributed by atoms with E-state index in [-0.39, 0.29) is 0 Å². The molecule has 0 amide bonds. The van der Waals surface area contributed by atoms with Crippen LogP contribution in [0.5, 0.6) is 0 Å². The second kappa shape index (κ2) is 3.74. The van der Waals surface area contributed by atoms with Crippen molar-refractivity contribution in [2.45, 2.75) is 19.6 Å². The Balaban J connectivity index is 2.11. The quantitative estimate of drug-likeness (QED) is 0.768. The fourth-order valence-corrected chi connectivity index (χ4v) is 1.21. The monoisotopic (exact) mass is 208 g/mol. The molecule has 0 radical (unpaired) electrons. The Morgan fingerprint density at radius 1 is 1.67 bits per heavy atom. The molecule has 2 heterocycles. The molecular formula is C9H12N4O2. The second-order valence-corrected chi connectivity index (χ2v) is 3.28. The fraction of sp³-hybridized carbons (Fsp3) is 0.333. The number of hydrogen-bond acceptors (Lipinski definition) is 5. The molecule has 0 aliphatic rings. The third-order valence-electron chi connectivity index (χ3n) is 1.91. The Morgan fingerprint density at radius 2 is 2.47 bits per heavy atom. The van der Waals surface area contributed by atoms with Crippen molar-refractivity contribution < 1.29 is 9.52 Å². The van der Waals surface area contributed by atoms with Crippen LogP contribution < -0.4 is 5.73 Å². The minimum absolute atomic E-state index is 0.310. The van der Waals surface area contributed by atoms with E-state index in [4.69, 9.17) is 10.2 Å². The van der Waals surface area contributed by atoms with E-state index in [1.54, 1.807) is 30.1 Å². The fourth-order valence-electron chi connectivity index (χ4n) is 1.21. The summed E-state index contributed by atoms with van der Waals surface area (Å²) in [4.78, 5) is 3.93. The molecule has 6 nitrogen and oxygen atoms in total. The third kappa shape index (κ3) is 2.16. The van der Waals surface area contributed by atoms with Gasteiger partial charge in [-0.1, -0.05) is 0 Å². The first-order chi connectivity index (χ1) is 7.15. The van der Waals surface area contributed by atoms with Gasteiger partial charge in [0.05, 0.1) is 6.20 Å². The van der Waals surface area contributed by atoms with Crippen molar-refractivity contribution in [2.24, 2.45) is 0 Å². The number of rotatable bonds is 3. The van der Waals surface area contributed by atoms with Gasteiger partial charge in [0, 0.05) is 6.20 Å². The maximum atomic E-state index is 9.21. The van der Waals surface area contributed by atoms with Crippen LogP contribution in [0.25, 0.3) is 0 Å². The normalized spacial score (nSPS) is 12.9.